The van der Waals surface area contributed by atoms with Crippen molar-refractivity contribution in [3.8, 4) is 0 Å². The minimum Gasteiger partial charge on any atom is -0.395 e. The van der Waals surface area contributed by atoms with E-state index in [-0.39, 0.29) is 28.6 Å². The minimum absolute atomic E-state index is 0.0129. The molecular formula is C16H21NO5S. The van der Waals surface area contributed by atoms with Crippen molar-refractivity contribution in [1.29, 1.82) is 0 Å². The summed E-state index contributed by atoms with van der Waals surface area (Å²) in [5.41, 5.74) is 0.839. The van der Waals surface area contributed by atoms with E-state index in [4.69, 9.17) is 9.84 Å². The Morgan fingerprint density at radius 2 is 2.04 bits per heavy atom. The fourth-order valence-corrected chi connectivity index (χ4v) is 4.18. The van der Waals surface area contributed by atoms with E-state index in [0.717, 1.165) is 25.0 Å². The molecule has 2 N–H and O–H groups in total. The second-order valence-corrected chi connectivity index (χ2v) is 8.18. The van der Waals surface area contributed by atoms with Crippen LogP contribution in [-0.2, 0) is 25.9 Å². The predicted octanol–water partition coefficient (Wildman–Crippen LogP) is 0.494. The van der Waals surface area contributed by atoms with Gasteiger partial charge in [0.1, 0.15) is 0 Å². The first-order valence-corrected chi connectivity index (χ1v) is 9.50. The highest BCUT2D eigenvalue weighted by Gasteiger charge is 2.56. The van der Waals surface area contributed by atoms with Crippen LogP contribution in [0.4, 0.5) is 0 Å². The molecule has 1 aliphatic heterocycles. The number of aliphatic hydroxyl groups excluding tert-OH is 1. The molecule has 3 rings (SSSR count). The normalized spacial score (nSPS) is 26.4. The van der Waals surface area contributed by atoms with Crippen LogP contribution in [0.2, 0.25) is 0 Å². The highest BCUT2D eigenvalue weighted by atomic mass is 32.2. The Hall–Kier alpha value is -1.44. The molecule has 0 aromatic heterocycles. The van der Waals surface area contributed by atoms with Gasteiger partial charge in [0, 0.05) is 19.1 Å². The number of hydrogen-bond acceptors (Lipinski definition) is 5. The standard InChI is InChI=1S/C16H21NO5S/c18-7-9-23(20,21)12-5-3-11(4-6-12)10-17-16(19)14-13-2-1-8-22-15(13)14/h3-6,13-15,18H,1-2,7-10H2,(H,17,19). The highest BCUT2D eigenvalue weighted by Crippen LogP contribution is 2.47. The van der Waals surface area contributed by atoms with E-state index in [1.54, 1.807) is 12.1 Å². The molecule has 1 heterocycles. The zero-order chi connectivity index (χ0) is 16.4. The van der Waals surface area contributed by atoms with E-state index in [0.29, 0.717) is 12.5 Å². The molecule has 6 nitrogen and oxygen atoms in total. The Labute approximate surface area is 135 Å². The zero-order valence-corrected chi connectivity index (χ0v) is 13.6. The van der Waals surface area contributed by atoms with E-state index in [9.17, 15) is 13.2 Å². The van der Waals surface area contributed by atoms with Crippen LogP contribution in [0.3, 0.4) is 0 Å². The highest BCUT2D eigenvalue weighted by molar-refractivity contribution is 7.91. The number of amides is 1. The Kier molecular flexibility index (Phi) is 4.70. The van der Waals surface area contributed by atoms with E-state index in [1.165, 1.54) is 12.1 Å². The quantitative estimate of drug-likeness (QED) is 0.787. The fraction of sp³-hybridized carbons (Fsp3) is 0.562. The zero-order valence-electron chi connectivity index (χ0n) is 12.8. The van der Waals surface area contributed by atoms with Crippen LogP contribution >= 0.6 is 0 Å². The SMILES string of the molecule is O=C(NCc1ccc(S(=O)(=O)CCO)cc1)C1C2CCCOC21. The number of sulfone groups is 1. The van der Waals surface area contributed by atoms with Crippen molar-refractivity contribution in [3.63, 3.8) is 0 Å². The van der Waals surface area contributed by atoms with Gasteiger partial charge in [0.05, 0.1) is 29.3 Å². The first-order valence-electron chi connectivity index (χ1n) is 7.85. The average Bonchev–Trinajstić information content (AvgIpc) is 3.27. The van der Waals surface area contributed by atoms with Crippen LogP contribution in [0.1, 0.15) is 18.4 Å². The van der Waals surface area contributed by atoms with Gasteiger partial charge in [0.2, 0.25) is 5.91 Å². The van der Waals surface area contributed by atoms with E-state index in [1.807, 2.05) is 0 Å². The maximum atomic E-state index is 12.1. The Morgan fingerprint density at radius 3 is 2.65 bits per heavy atom. The molecule has 1 aromatic rings. The number of aliphatic hydroxyl groups is 1. The lowest BCUT2D eigenvalue weighted by Gasteiger charge is -2.07. The summed E-state index contributed by atoms with van der Waals surface area (Å²) in [6.07, 6.45) is 2.17. The summed E-state index contributed by atoms with van der Waals surface area (Å²) in [6.45, 7) is 0.718. The molecule has 3 atom stereocenters. The van der Waals surface area contributed by atoms with Crippen molar-refractivity contribution >= 4 is 15.7 Å². The third-order valence-electron chi connectivity index (χ3n) is 4.50. The summed E-state index contributed by atoms with van der Waals surface area (Å²) in [7, 11) is -3.43. The Balaban J connectivity index is 1.54. The summed E-state index contributed by atoms with van der Waals surface area (Å²) in [5, 5.41) is 11.7. The molecule has 23 heavy (non-hydrogen) atoms. The Morgan fingerprint density at radius 1 is 1.30 bits per heavy atom. The summed E-state index contributed by atoms with van der Waals surface area (Å²) in [4.78, 5) is 12.3. The van der Waals surface area contributed by atoms with Crippen molar-refractivity contribution < 1.29 is 23.1 Å². The maximum absolute atomic E-state index is 12.1. The lowest BCUT2D eigenvalue weighted by atomic mass is 10.1. The van der Waals surface area contributed by atoms with Gasteiger partial charge in [0.15, 0.2) is 9.84 Å². The number of rotatable bonds is 6. The van der Waals surface area contributed by atoms with Crippen LogP contribution in [0.25, 0.3) is 0 Å². The van der Waals surface area contributed by atoms with Crippen LogP contribution in [-0.4, -0.2) is 44.5 Å². The molecule has 1 amide bonds. The Bertz CT molecular complexity index is 658. The lowest BCUT2D eigenvalue weighted by Crippen LogP contribution is -2.26. The van der Waals surface area contributed by atoms with Gasteiger partial charge in [-0.05, 0) is 30.5 Å². The van der Waals surface area contributed by atoms with Gasteiger partial charge in [-0.3, -0.25) is 4.79 Å². The van der Waals surface area contributed by atoms with Crippen LogP contribution < -0.4 is 5.32 Å². The third-order valence-corrected chi connectivity index (χ3v) is 6.21. The van der Waals surface area contributed by atoms with Gasteiger partial charge >= 0.3 is 0 Å². The molecule has 0 spiro atoms. The van der Waals surface area contributed by atoms with Crippen molar-refractivity contribution in [2.24, 2.45) is 11.8 Å². The number of carbonyl (C=O) groups is 1. The number of ether oxygens (including phenoxy) is 1. The van der Waals surface area contributed by atoms with Gasteiger partial charge in [-0.25, -0.2) is 8.42 Å². The summed E-state index contributed by atoms with van der Waals surface area (Å²) < 4.78 is 29.2. The van der Waals surface area contributed by atoms with Gasteiger partial charge in [-0.2, -0.15) is 0 Å². The first kappa shape index (κ1) is 16.4. The van der Waals surface area contributed by atoms with Gasteiger partial charge in [-0.1, -0.05) is 12.1 Å². The first-order chi connectivity index (χ1) is 11.0. The summed E-state index contributed by atoms with van der Waals surface area (Å²) >= 11 is 0. The van der Waals surface area contributed by atoms with Crippen molar-refractivity contribution in [3.05, 3.63) is 29.8 Å². The minimum atomic E-state index is -3.43. The number of carbonyl (C=O) groups excluding carboxylic acids is 1. The second-order valence-electron chi connectivity index (χ2n) is 6.07. The molecule has 1 saturated carbocycles. The van der Waals surface area contributed by atoms with Crippen LogP contribution in [0, 0.1) is 11.8 Å². The molecule has 126 valence electrons. The number of nitrogens with one attached hydrogen (secondary N) is 1. The van der Waals surface area contributed by atoms with Gasteiger partial charge < -0.3 is 15.2 Å². The third kappa shape index (κ3) is 3.57. The van der Waals surface area contributed by atoms with Crippen molar-refractivity contribution in [2.75, 3.05) is 19.0 Å². The molecule has 7 heteroatoms. The van der Waals surface area contributed by atoms with Crippen LogP contribution in [0.5, 0.6) is 0 Å². The monoisotopic (exact) mass is 339 g/mol. The largest absolute Gasteiger partial charge is 0.395 e. The van der Waals surface area contributed by atoms with Crippen molar-refractivity contribution in [1.82, 2.24) is 5.32 Å². The molecule has 1 aromatic carbocycles. The summed E-state index contributed by atoms with van der Waals surface area (Å²) in [5.74, 6) is 0.0726. The molecule has 1 saturated heterocycles. The van der Waals surface area contributed by atoms with Crippen LogP contribution in [0.15, 0.2) is 29.2 Å². The smallest absolute Gasteiger partial charge is 0.226 e. The number of hydrogen-bond donors (Lipinski definition) is 2. The lowest BCUT2D eigenvalue weighted by molar-refractivity contribution is -0.123. The molecule has 0 bridgehead atoms. The molecule has 2 aliphatic rings. The van der Waals surface area contributed by atoms with Gasteiger partial charge in [0.25, 0.3) is 0 Å². The van der Waals surface area contributed by atoms with Gasteiger partial charge in [-0.15, -0.1) is 0 Å². The van der Waals surface area contributed by atoms with Crippen molar-refractivity contribution in [2.45, 2.75) is 30.4 Å². The molecule has 2 fully saturated rings. The molecule has 1 aliphatic carbocycles. The topological polar surface area (TPSA) is 92.7 Å². The maximum Gasteiger partial charge on any atom is 0.226 e. The van der Waals surface area contributed by atoms with E-state index in [2.05, 4.69) is 5.32 Å². The van der Waals surface area contributed by atoms with E-state index >= 15 is 0 Å². The average molecular weight is 339 g/mol. The van der Waals surface area contributed by atoms with E-state index < -0.39 is 16.4 Å². The molecular weight excluding hydrogens is 318 g/mol. The predicted molar refractivity (Wildman–Crippen MR) is 83.4 cm³/mol. The number of fused-ring (bicyclic) bond motifs is 1. The number of benzene rings is 1. The fourth-order valence-electron chi connectivity index (χ4n) is 3.16. The molecule has 0 radical (unpaired) electrons. The summed E-state index contributed by atoms with van der Waals surface area (Å²) in [6, 6.07) is 6.38. The second kappa shape index (κ2) is 6.59. The molecule has 3 unspecified atom stereocenters.